The molecule has 0 N–H and O–H groups in total. The second kappa shape index (κ2) is 10.6. The first-order chi connectivity index (χ1) is 21.5. The van der Waals surface area contributed by atoms with Crippen molar-refractivity contribution in [3.63, 3.8) is 0 Å². The molecule has 2 aromatic carbocycles. The van der Waals surface area contributed by atoms with Crippen LogP contribution < -0.4 is 11.1 Å². The van der Waals surface area contributed by atoms with Crippen LogP contribution in [0.1, 0.15) is 35.8 Å². The quantitative estimate of drug-likeness (QED) is 0.216. The van der Waals surface area contributed by atoms with Crippen molar-refractivity contribution in [3.05, 3.63) is 129 Å². The highest BCUT2D eigenvalue weighted by molar-refractivity contribution is 7.90. The third kappa shape index (κ3) is 4.93. The van der Waals surface area contributed by atoms with Gasteiger partial charge in [-0.25, -0.2) is 12.4 Å². The van der Waals surface area contributed by atoms with Gasteiger partial charge in [0, 0.05) is 65.0 Å². The minimum atomic E-state index is -4.24. The Kier molecular flexibility index (Phi) is 6.74. The number of pyridine rings is 3. The Morgan fingerprint density at radius 1 is 0.756 bits per heavy atom. The van der Waals surface area contributed by atoms with Crippen molar-refractivity contribution in [1.82, 2.24) is 18.1 Å². The zero-order valence-corrected chi connectivity index (χ0v) is 26.3. The standard InChI is InChI=1S/C36H32N4O4S/c1-22-10-14-28(15-11-22)45(43,44)40-33(26-16-23(2)37-24(3)17-26)18-30-32(20-38(4)36(42)35(30)40)29-19-34(41)39(27-12-13-27)21-31(29)25-8-6-5-7-9-25/h5-11,14-21,27H,12-13H2,1-4H3. The molecule has 4 aromatic heterocycles. The predicted molar refractivity (Wildman–Crippen MR) is 177 cm³/mol. The maximum Gasteiger partial charge on any atom is 0.275 e. The summed E-state index contributed by atoms with van der Waals surface area (Å²) in [4.78, 5) is 32.1. The fourth-order valence-corrected chi connectivity index (χ4v) is 7.63. The van der Waals surface area contributed by atoms with Gasteiger partial charge in [-0.15, -0.1) is 0 Å². The van der Waals surface area contributed by atoms with E-state index in [1.54, 1.807) is 54.2 Å². The third-order valence-corrected chi connectivity index (χ3v) is 10.2. The van der Waals surface area contributed by atoms with Gasteiger partial charge in [0.05, 0.1) is 10.6 Å². The molecule has 9 heteroatoms. The number of nitrogens with zero attached hydrogens (tertiary/aromatic N) is 4. The average molecular weight is 617 g/mol. The second-order valence-electron chi connectivity index (χ2n) is 11.9. The highest BCUT2D eigenvalue weighted by Crippen LogP contribution is 2.41. The fraction of sp³-hybridized carbons (Fsp3) is 0.194. The first kappa shape index (κ1) is 28.7. The van der Waals surface area contributed by atoms with E-state index in [9.17, 15) is 18.0 Å². The lowest BCUT2D eigenvalue weighted by atomic mass is 9.95. The molecule has 226 valence electrons. The van der Waals surface area contributed by atoms with Gasteiger partial charge in [0.15, 0.2) is 0 Å². The maximum atomic E-state index is 14.5. The van der Waals surface area contributed by atoms with E-state index in [1.807, 2.05) is 69.4 Å². The summed E-state index contributed by atoms with van der Waals surface area (Å²) in [5.41, 5.74) is 5.69. The fourth-order valence-electron chi connectivity index (χ4n) is 6.11. The van der Waals surface area contributed by atoms with Gasteiger partial charge in [-0.05, 0) is 75.1 Å². The molecule has 1 aliphatic rings. The molecule has 1 aliphatic carbocycles. The molecular formula is C36H32N4O4S. The number of hydrogen-bond donors (Lipinski definition) is 0. The monoisotopic (exact) mass is 616 g/mol. The van der Waals surface area contributed by atoms with Gasteiger partial charge in [0.25, 0.3) is 21.1 Å². The van der Waals surface area contributed by atoms with Crippen LogP contribution >= 0.6 is 0 Å². The van der Waals surface area contributed by atoms with E-state index in [0.717, 1.165) is 40.9 Å². The maximum absolute atomic E-state index is 14.5. The highest BCUT2D eigenvalue weighted by Gasteiger charge is 2.30. The minimum absolute atomic E-state index is 0.0167. The Bertz CT molecular complexity index is 2340. The van der Waals surface area contributed by atoms with Gasteiger partial charge in [-0.1, -0.05) is 48.0 Å². The van der Waals surface area contributed by atoms with Crippen LogP contribution in [0.25, 0.3) is 44.4 Å². The van der Waals surface area contributed by atoms with Gasteiger partial charge in [0.1, 0.15) is 5.52 Å². The number of hydrogen-bond acceptors (Lipinski definition) is 5. The molecule has 0 bridgehead atoms. The van der Waals surface area contributed by atoms with Gasteiger partial charge >= 0.3 is 0 Å². The lowest BCUT2D eigenvalue weighted by Crippen LogP contribution is -2.23. The summed E-state index contributed by atoms with van der Waals surface area (Å²) in [5.74, 6) is 0. The molecule has 1 saturated carbocycles. The molecule has 4 heterocycles. The van der Waals surface area contributed by atoms with Crippen molar-refractivity contribution in [2.24, 2.45) is 7.05 Å². The van der Waals surface area contributed by atoms with E-state index >= 15 is 0 Å². The summed E-state index contributed by atoms with van der Waals surface area (Å²) in [7, 11) is -2.64. The van der Waals surface area contributed by atoms with Crippen LogP contribution in [0.4, 0.5) is 0 Å². The Balaban J connectivity index is 1.62. The number of aromatic nitrogens is 4. The Morgan fingerprint density at radius 3 is 2.07 bits per heavy atom. The topological polar surface area (TPSA) is 96.0 Å². The lowest BCUT2D eigenvalue weighted by molar-refractivity contribution is 0.589. The summed E-state index contributed by atoms with van der Waals surface area (Å²) < 4.78 is 33.4. The summed E-state index contributed by atoms with van der Waals surface area (Å²) in [6, 6.07) is 23.6. The van der Waals surface area contributed by atoms with Crippen molar-refractivity contribution in [3.8, 4) is 33.5 Å². The molecule has 0 amide bonds. The van der Waals surface area contributed by atoms with Crippen molar-refractivity contribution in [2.75, 3.05) is 0 Å². The van der Waals surface area contributed by atoms with Crippen LogP contribution in [-0.4, -0.2) is 26.5 Å². The normalized spacial score (nSPS) is 13.4. The number of rotatable bonds is 6. The van der Waals surface area contributed by atoms with Crippen LogP contribution in [0.3, 0.4) is 0 Å². The van der Waals surface area contributed by atoms with E-state index in [0.29, 0.717) is 27.8 Å². The number of aryl methyl sites for hydroxylation is 4. The SMILES string of the molecule is Cc1ccc(S(=O)(=O)n2c(-c3cc(C)nc(C)c3)cc3c(-c4cc(=O)n(C5CC5)cc4-c4ccccc4)cn(C)c(=O)c32)cc1. The first-order valence-electron chi connectivity index (χ1n) is 14.9. The molecule has 0 radical (unpaired) electrons. The molecule has 0 atom stereocenters. The van der Waals surface area contributed by atoms with Crippen LogP contribution in [0.15, 0.2) is 106 Å². The summed E-state index contributed by atoms with van der Waals surface area (Å²) in [6.45, 7) is 5.59. The van der Waals surface area contributed by atoms with E-state index < -0.39 is 15.6 Å². The minimum Gasteiger partial charge on any atom is -0.316 e. The molecule has 8 nitrogen and oxygen atoms in total. The summed E-state index contributed by atoms with van der Waals surface area (Å²) in [6.07, 6.45) is 5.50. The number of fused-ring (bicyclic) bond motifs is 1. The molecule has 7 rings (SSSR count). The zero-order chi connectivity index (χ0) is 31.6. The summed E-state index contributed by atoms with van der Waals surface area (Å²) >= 11 is 0. The Morgan fingerprint density at radius 2 is 1.42 bits per heavy atom. The van der Waals surface area contributed by atoms with Gasteiger partial charge in [-0.2, -0.15) is 0 Å². The zero-order valence-electron chi connectivity index (χ0n) is 25.5. The molecule has 0 unspecified atom stereocenters. The van der Waals surface area contributed by atoms with Crippen LogP contribution in [-0.2, 0) is 17.1 Å². The van der Waals surface area contributed by atoms with Crippen molar-refractivity contribution in [1.29, 1.82) is 0 Å². The third-order valence-electron chi connectivity index (χ3n) is 8.43. The van der Waals surface area contributed by atoms with E-state index in [-0.39, 0.29) is 22.0 Å². The molecule has 0 saturated heterocycles. The smallest absolute Gasteiger partial charge is 0.275 e. The first-order valence-corrected chi connectivity index (χ1v) is 16.3. The van der Waals surface area contributed by atoms with E-state index in [2.05, 4.69) is 4.98 Å². The van der Waals surface area contributed by atoms with Gasteiger partial charge in [-0.3, -0.25) is 14.6 Å². The van der Waals surface area contributed by atoms with E-state index in [1.165, 1.54) is 8.54 Å². The molecule has 45 heavy (non-hydrogen) atoms. The van der Waals surface area contributed by atoms with Crippen molar-refractivity contribution < 1.29 is 8.42 Å². The van der Waals surface area contributed by atoms with Crippen LogP contribution in [0.2, 0.25) is 0 Å². The Hall–Kier alpha value is -5.02. The Labute approximate surface area is 260 Å². The lowest BCUT2D eigenvalue weighted by Gasteiger charge is -2.16. The largest absolute Gasteiger partial charge is 0.316 e. The molecule has 1 fully saturated rings. The van der Waals surface area contributed by atoms with Gasteiger partial charge < -0.3 is 9.13 Å². The average Bonchev–Trinajstić information content (AvgIpc) is 3.77. The predicted octanol–water partition coefficient (Wildman–Crippen LogP) is 6.39. The molecule has 6 aromatic rings. The molecular weight excluding hydrogens is 584 g/mol. The highest BCUT2D eigenvalue weighted by atomic mass is 32.2. The van der Waals surface area contributed by atoms with Crippen LogP contribution in [0.5, 0.6) is 0 Å². The van der Waals surface area contributed by atoms with Crippen molar-refractivity contribution >= 4 is 20.9 Å². The summed E-state index contributed by atoms with van der Waals surface area (Å²) in [5, 5.41) is 0.441. The van der Waals surface area contributed by atoms with Crippen LogP contribution in [0, 0.1) is 20.8 Å². The number of benzene rings is 2. The second-order valence-corrected chi connectivity index (χ2v) is 13.7. The van der Waals surface area contributed by atoms with E-state index in [4.69, 9.17) is 0 Å². The van der Waals surface area contributed by atoms with Gasteiger partial charge in [0.2, 0.25) is 0 Å². The molecule has 0 aliphatic heterocycles. The van der Waals surface area contributed by atoms with Crippen molar-refractivity contribution in [2.45, 2.75) is 44.6 Å². The molecule has 0 spiro atoms.